The number of phenols is 1. The second kappa shape index (κ2) is 5.19. The number of hydrazine groups is 1. The standard InChI is InChI=1S/C13H15FN4O/c1-3-9-7(2)16-12(17-13(9)18-15)8-4-5-11(19)10(14)6-8/h4-6,19H,3,15H2,1-2H3,(H,16,17,18). The van der Waals surface area contributed by atoms with Gasteiger partial charge in [0.05, 0.1) is 0 Å². The van der Waals surface area contributed by atoms with Gasteiger partial charge in [-0.15, -0.1) is 0 Å². The third-order valence-electron chi connectivity index (χ3n) is 2.91. The first-order valence-corrected chi connectivity index (χ1v) is 5.89. The highest BCUT2D eigenvalue weighted by Gasteiger charge is 2.12. The molecule has 2 aromatic rings. The zero-order valence-electron chi connectivity index (χ0n) is 10.7. The second-order valence-corrected chi connectivity index (χ2v) is 4.12. The fourth-order valence-electron chi connectivity index (χ4n) is 1.91. The number of benzene rings is 1. The maximum atomic E-state index is 13.3. The number of aromatic nitrogens is 2. The highest BCUT2D eigenvalue weighted by Crippen LogP contribution is 2.25. The predicted molar refractivity (Wildman–Crippen MR) is 71.0 cm³/mol. The lowest BCUT2D eigenvalue weighted by Gasteiger charge is -2.11. The van der Waals surface area contributed by atoms with Crippen molar-refractivity contribution in [1.29, 1.82) is 0 Å². The van der Waals surface area contributed by atoms with Gasteiger partial charge in [0.25, 0.3) is 0 Å². The van der Waals surface area contributed by atoms with Crippen molar-refractivity contribution in [2.75, 3.05) is 5.43 Å². The van der Waals surface area contributed by atoms with E-state index in [1.165, 1.54) is 12.1 Å². The van der Waals surface area contributed by atoms with E-state index in [4.69, 9.17) is 5.84 Å². The largest absolute Gasteiger partial charge is 0.505 e. The summed E-state index contributed by atoms with van der Waals surface area (Å²) >= 11 is 0. The molecule has 0 saturated heterocycles. The SMILES string of the molecule is CCc1c(C)nc(-c2ccc(O)c(F)c2)nc1NN. The quantitative estimate of drug-likeness (QED) is 0.583. The molecule has 0 amide bonds. The number of hydrogen-bond donors (Lipinski definition) is 3. The van der Waals surface area contributed by atoms with Crippen LogP contribution >= 0.6 is 0 Å². The van der Waals surface area contributed by atoms with Crippen LogP contribution in [0.2, 0.25) is 0 Å². The molecule has 0 aliphatic heterocycles. The third kappa shape index (κ3) is 2.48. The zero-order chi connectivity index (χ0) is 14.0. The van der Waals surface area contributed by atoms with Crippen LogP contribution in [0.3, 0.4) is 0 Å². The van der Waals surface area contributed by atoms with Crippen molar-refractivity contribution in [2.24, 2.45) is 5.84 Å². The average Bonchev–Trinajstić information content (AvgIpc) is 2.40. The molecule has 19 heavy (non-hydrogen) atoms. The highest BCUT2D eigenvalue weighted by molar-refractivity contribution is 5.60. The number of aromatic hydroxyl groups is 1. The van der Waals surface area contributed by atoms with E-state index in [-0.39, 0.29) is 0 Å². The number of nitrogens with two attached hydrogens (primary N) is 1. The lowest BCUT2D eigenvalue weighted by Crippen LogP contribution is -2.13. The minimum Gasteiger partial charge on any atom is -0.505 e. The summed E-state index contributed by atoms with van der Waals surface area (Å²) in [7, 11) is 0. The van der Waals surface area contributed by atoms with Gasteiger partial charge in [-0.1, -0.05) is 6.92 Å². The molecule has 4 N–H and O–H groups in total. The number of nitrogen functional groups attached to an aromatic ring is 1. The lowest BCUT2D eigenvalue weighted by atomic mass is 10.1. The van der Waals surface area contributed by atoms with Gasteiger partial charge < -0.3 is 10.5 Å². The van der Waals surface area contributed by atoms with Gasteiger partial charge in [-0.2, -0.15) is 0 Å². The van der Waals surface area contributed by atoms with Crippen molar-refractivity contribution in [1.82, 2.24) is 9.97 Å². The number of phenolic OH excluding ortho intramolecular Hbond substituents is 1. The van der Waals surface area contributed by atoms with Crippen LogP contribution < -0.4 is 11.3 Å². The minimum atomic E-state index is -0.708. The van der Waals surface area contributed by atoms with Crippen LogP contribution in [-0.4, -0.2) is 15.1 Å². The van der Waals surface area contributed by atoms with Crippen molar-refractivity contribution < 1.29 is 9.50 Å². The fourth-order valence-corrected chi connectivity index (χ4v) is 1.91. The summed E-state index contributed by atoms with van der Waals surface area (Å²) in [6.45, 7) is 3.83. The number of anilines is 1. The number of halogens is 1. The Balaban J connectivity index is 2.56. The summed E-state index contributed by atoms with van der Waals surface area (Å²) in [5, 5.41) is 9.18. The first-order valence-electron chi connectivity index (χ1n) is 5.89. The van der Waals surface area contributed by atoms with Crippen molar-refractivity contribution in [3.05, 3.63) is 35.3 Å². The van der Waals surface area contributed by atoms with Crippen LogP contribution in [0.5, 0.6) is 5.75 Å². The van der Waals surface area contributed by atoms with E-state index < -0.39 is 11.6 Å². The van der Waals surface area contributed by atoms with Gasteiger partial charge in [-0.3, -0.25) is 0 Å². The molecule has 0 aliphatic rings. The normalized spacial score (nSPS) is 10.5. The molecule has 6 heteroatoms. The van der Waals surface area contributed by atoms with Gasteiger partial charge in [0.1, 0.15) is 5.82 Å². The van der Waals surface area contributed by atoms with Crippen LogP contribution in [0.1, 0.15) is 18.2 Å². The van der Waals surface area contributed by atoms with Crippen molar-refractivity contribution in [2.45, 2.75) is 20.3 Å². The van der Waals surface area contributed by atoms with Gasteiger partial charge in [-0.05, 0) is 31.5 Å². The molecule has 0 saturated carbocycles. The molecule has 100 valence electrons. The summed E-state index contributed by atoms with van der Waals surface area (Å²) in [6.07, 6.45) is 0.746. The van der Waals surface area contributed by atoms with Crippen LogP contribution in [0, 0.1) is 12.7 Å². The lowest BCUT2D eigenvalue weighted by molar-refractivity contribution is 0.432. The van der Waals surface area contributed by atoms with E-state index in [9.17, 15) is 9.50 Å². The Morgan fingerprint density at radius 1 is 1.37 bits per heavy atom. The summed E-state index contributed by atoms with van der Waals surface area (Å²) in [5.74, 6) is 5.22. The first-order chi connectivity index (χ1) is 9.06. The number of rotatable bonds is 3. The zero-order valence-corrected chi connectivity index (χ0v) is 10.7. The maximum absolute atomic E-state index is 13.3. The molecule has 0 spiro atoms. The van der Waals surface area contributed by atoms with Crippen LogP contribution in [0.25, 0.3) is 11.4 Å². The van der Waals surface area contributed by atoms with E-state index in [1.807, 2.05) is 13.8 Å². The first kappa shape index (κ1) is 13.2. The van der Waals surface area contributed by atoms with Crippen molar-refractivity contribution in [3.8, 4) is 17.1 Å². The van der Waals surface area contributed by atoms with E-state index in [2.05, 4.69) is 15.4 Å². The molecule has 5 nitrogen and oxygen atoms in total. The Kier molecular flexibility index (Phi) is 3.62. The summed E-state index contributed by atoms with van der Waals surface area (Å²) < 4.78 is 13.3. The van der Waals surface area contributed by atoms with Gasteiger partial charge >= 0.3 is 0 Å². The Hall–Kier alpha value is -2.21. The van der Waals surface area contributed by atoms with E-state index in [0.29, 0.717) is 17.2 Å². The molecule has 1 aromatic heterocycles. The summed E-state index contributed by atoms with van der Waals surface area (Å²) in [5.41, 5.74) is 4.72. The summed E-state index contributed by atoms with van der Waals surface area (Å²) in [4.78, 5) is 8.61. The number of aryl methyl sites for hydroxylation is 1. The van der Waals surface area contributed by atoms with E-state index >= 15 is 0 Å². The van der Waals surface area contributed by atoms with E-state index in [1.54, 1.807) is 6.07 Å². The van der Waals surface area contributed by atoms with Crippen LogP contribution in [-0.2, 0) is 6.42 Å². The highest BCUT2D eigenvalue weighted by atomic mass is 19.1. The molecule has 1 heterocycles. The van der Waals surface area contributed by atoms with E-state index in [0.717, 1.165) is 17.7 Å². The molecule has 1 aromatic carbocycles. The Bertz CT molecular complexity index is 616. The molecular weight excluding hydrogens is 247 g/mol. The number of hydrogen-bond acceptors (Lipinski definition) is 5. The smallest absolute Gasteiger partial charge is 0.165 e. The molecule has 0 unspecified atom stereocenters. The Labute approximate surface area is 110 Å². The maximum Gasteiger partial charge on any atom is 0.165 e. The van der Waals surface area contributed by atoms with Crippen molar-refractivity contribution in [3.63, 3.8) is 0 Å². The Morgan fingerprint density at radius 3 is 2.68 bits per heavy atom. The molecule has 0 atom stereocenters. The van der Waals surface area contributed by atoms with Gasteiger partial charge in [-0.25, -0.2) is 20.2 Å². The molecule has 0 bridgehead atoms. The molecule has 0 aliphatic carbocycles. The predicted octanol–water partition coefficient (Wildman–Crippen LogP) is 2.14. The molecular formula is C13H15FN4O. The Morgan fingerprint density at radius 2 is 2.11 bits per heavy atom. The fraction of sp³-hybridized carbons (Fsp3) is 0.231. The van der Waals surface area contributed by atoms with Gasteiger partial charge in [0, 0.05) is 16.8 Å². The number of nitrogens with one attached hydrogen (secondary N) is 1. The molecule has 2 rings (SSSR count). The minimum absolute atomic E-state index is 0.363. The van der Waals surface area contributed by atoms with Crippen molar-refractivity contribution >= 4 is 5.82 Å². The summed E-state index contributed by atoms with van der Waals surface area (Å²) in [6, 6.07) is 4.02. The topological polar surface area (TPSA) is 84.1 Å². The van der Waals surface area contributed by atoms with Crippen LogP contribution in [0.15, 0.2) is 18.2 Å². The van der Waals surface area contributed by atoms with Gasteiger partial charge in [0.2, 0.25) is 0 Å². The average molecular weight is 262 g/mol. The monoisotopic (exact) mass is 262 g/mol. The third-order valence-corrected chi connectivity index (χ3v) is 2.91. The molecule has 0 fully saturated rings. The molecule has 0 radical (unpaired) electrons. The second-order valence-electron chi connectivity index (χ2n) is 4.12. The van der Waals surface area contributed by atoms with Crippen LogP contribution in [0.4, 0.5) is 10.2 Å². The number of nitrogens with zero attached hydrogens (tertiary/aromatic N) is 2. The van der Waals surface area contributed by atoms with Gasteiger partial charge in [0.15, 0.2) is 17.4 Å².